The Labute approximate surface area is 148 Å². The summed E-state index contributed by atoms with van der Waals surface area (Å²) in [5.41, 5.74) is 1.24. The molecule has 8 heteroatoms. The Morgan fingerprint density at radius 3 is 2.38 bits per heavy atom. The Balaban J connectivity index is 1.56. The Kier molecular flexibility index (Phi) is 3.87. The summed E-state index contributed by atoms with van der Waals surface area (Å²) in [6, 6.07) is 10.9. The average Bonchev–Trinajstić information content (AvgIpc) is 3.17. The van der Waals surface area contributed by atoms with Crippen molar-refractivity contribution in [3.8, 4) is 5.75 Å². The van der Waals surface area contributed by atoms with Gasteiger partial charge in [-0.2, -0.15) is 5.11 Å². The molecule has 0 radical (unpaired) electrons. The van der Waals surface area contributed by atoms with Gasteiger partial charge in [-0.3, -0.25) is 14.6 Å². The fraction of sp³-hybridized carbons (Fsp3) is 0.222. The van der Waals surface area contributed by atoms with Crippen LogP contribution in [0.15, 0.2) is 58.9 Å². The number of anilines is 1. The van der Waals surface area contributed by atoms with Crippen LogP contribution in [0.2, 0.25) is 0 Å². The van der Waals surface area contributed by atoms with Crippen LogP contribution in [0.3, 0.4) is 0 Å². The maximum absolute atomic E-state index is 13.1. The minimum absolute atomic E-state index is 0.329. The van der Waals surface area contributed by atoms with E-state index in [4.69, 9.17) is 4.74 Å². The van der Waals surface area contributed by atoms with E-state index in [1.54, 1.807) is 7.11 Å². The zero-order chi connectivity index (χ0) is 18.3. The number of rotatable bonds is 4. The highest BCUT2D eigenvalue weighted by Crippen LogP contribution is 2.32. The Bertz CT molecular complexity index is 882. The van der Waals surface area contributed by atoms with E-state index in [1.165, 1.54) is 29.3 Å². The van der Waals surface area contributed by atoms with Crippen molar-refractivity contribution in [3.63, 3.8) is 0 Å². The third kappa shape index (κ3) is 2.59. The van der Waals surface area contributed by atoms with Crippen molar-refractivity contribution in [1.82, 2.24) is 5.01 Å². The molecule has 0 aromatic heterocycles. The summed E-state index contributed by atoms with van der Waals surface area (Å²) in [5, 5.41) is 9.48. The van der Waals surface area contributed by atoms with Gasteiger partial charge in [-0.05, 0) is 42.0 Å². The minimum Gasteiger partial charge on any atom is -0.497 e. The number of fused-ring (bicyclic) bond motifs is 1. The lowest BCUT2D eigenvalue weighted by Gasteiger charge is -2.20. The molecular weight excluding hydrogens is 339 g/mol. The van der Waals surface area contributed by atoms with Gasteiger partial charge in [-0.1, -0.05) is 17.4 Å². The molecule has 2 aliphatic heterocycles. The lowest BCUT2D eigenvalue weighted by molar-refractivity contribution is -0.123. The van der Waals surface area contributed by atoms with Crippen molar-refractivity contribution >= 4 is 17.5 Å². The standard InChI is InChI=1S/C18H15FN4O3/c1-26-14-8-2-11(3-9-14)10-22-16-15(20-21-22)17(24)23(18(16)25)13-6-4-12(19)5-7-13/h2-9,15-16H,10H2,1H3/t15-,16+/m1/s1. The molecule has 0 unspecified atom stereocenters. The molecular formula is C18H15FN4O3. The molecule has 2 aliphatic rings. The van der Waals surface area contributed by atoms with Gasteiger partial charge in [0.2, 0.25) is 0 Å². The summed E-state index contributed by atoms with van der Waals surface area (Å²) in [5.74, 6) is -0.573. The van der Waals surface area contributed by atoms with Crippen LogP contribution in [0.1, 0.15) is 5.56 Å². The van der Waals surface area contributed by atoms with Crippen LogP contribution < -0.4 is 9.64 Å². The largest absolute Gasteiger partial charge is 0.497 e. The summed E-state index contributed by atoms with van der Waals surface area (Å²) in [7, 11) is 1.58. The number of imide groups is 1. The molecule has 2 heterocycles. The zero-order valence-corrected chi connectivity index (χ0v) is 13.9. The Morgan fingerprint density at radius 2 is 1.73 bits per heavy atom. The van der Waals surface area contributed by atoms with Crippen molar-refractivity contribution in [2.75, 3.05) is 12.0 Å². The van der Waals surface area contributed by atoms with Gasteiger partial charge in [0.15, 0.2) is 12.1 Å². The lowest BCUT2D eigenvalue weighted by Crippen LogP contribution is -2.39. The number of ether oxygens (including phenoxy) is 1. The number of amides is 2. The van der Waals surface area contributed by atoms with Crippen LogP contribution in [0.4, 0.5) is 10.1 Å². The molecule has 4 rings (SSSR count). The molecule has 1 saturated heterocycles. The quantitative estimate of drug-likeness (QED) is 0.790. The molecule has 2 atom stereocenters. The van der Waals surface area contributed by atoms with E-state index >= 15 is 0 Å². The second-order valence-electron chi connectivity index (χ2n) is 6.03. The first-order valence-electron chi connectivity index (χ1n) is 8.02. The van der Waals surface area contributed by atoms with Gasteiger partial charge in [-0.15, -0.1) is 0 Å². The van der Waals surface area contributed by atoms with Gasteiger partial charge in [0.1, 0.15) is 11.6 Å². The summed E-state index contributed by atoms with van der Waals surface area (Å²) in [6.45, 7) is 0.338. The summed E-state index contributed by atoms with van der Waals surface area (Å²) in [4.78, 5) is 26.4. The Hall–Kier alpha value is -3.29. The van der Waals surface area contributed by atoms with E-state index < -0.39 is 29.7 Å². The summed E-state index contributed by atoms with van der Waals surface area (Å²) >= 11 is 0. The number of nitrogens with zero attached hydrogens (tertiary/aromatic N) is 4. The topological polar surface area (TPSA) is 74.6 Å². The third-order valence-corrected chi connectivity index (χ3v) is 4.45. The fourth-order valence-electron chi connectivity index (χ4n) is 3.12. The van der Waals surface area contributed by atoms with Gasteiger partial charge in [0, 0.05) is 0 Å². The first-order valence-corrected chi connectivity index (χ1v) is 8.02. The number of carbonyl (C=O) groups is 2. The van der Waals surface area contributed by atoms with Gasteiger partial charge in [0.05, 0.1) is 19.3 Å². The highest BCUT2D eigenvalue weighted by Gasteiger charge is 2.54. The number of benzene rings is 2. The smallest absolute Gasteiger partial charge is 0.263 e. The second kappa shape index (κ2) is 6.21. The van der Waals surface area contributed by atoms with Crippen LogP contribution in [0.25, 0.3) is 0 Å². The van der Waals surface area contributed by atoms with E-state index in [0.29, 0.717) is 12.2 Å². The molecule has 0 saturated carbocycles. The van der Waals surface area contributed by atoms with Gasteiger partial charge in [0.25, 0.3) is 11.8 Å². The first kappa shape index (κ1) is 16.2. The van der Waals surface area contributed by atoms with Crippen molar-refractivity contribution in [1.29, 1.82) is 0 Å². The lowest BCUT2D eigenvalue weighted by atomic mass is 10.1. The summed E-state index contributed by atoms with van der Waals surface area (Å²) in [6.07, 6.45) is 0. The molecule has 1 fully saturated rings. The minimum atomic E-state index is -0.870. The SMILES string of the molecule is COc1ccc(CN2N=N[C@H]3C(=O)N(c4ccc(F)cc4)C(=O)[C@H]32)cc1. The molecule has 0 aliphatic carbocycles. The molecule has 2 amide bonds. The summed E-state index contributed by atoms with van der Waals surface area (Å²) < 4.78 is 18.2. The van der Waals surface area contributed by atoms with Crippen molar-refractivity contribution in [2.45, 2.75) is 18.6 Å². The number of hydrogen-bond donors (Lipinski definition) is 0. The van der Waals surface area contributed by atoms with Gasteiger partial charge in [-0.25, -0.2) is 9.29 Å². The predicted octanol–water partition coefficient (Wildman–Crippen LogP) is 2.33. The van der Waals surface area contributed by atoms with Crippen LogP contribution >= 0.6 is 0 Å². The van der Waals surface area contributed by atoms with Crippen molar-refractivity contribution in [2.24, 2.45) is 10.3 Å². The van der Waals surface area contributed by atoms with E-state index in [1.807, 2.05) is 24.3 Å². The molecule has 2 aromatic rings. The number of methoxy groups -OCH3 is 1. The molecule has 26 heavy (non-hydrogen) atoms. The van der Waals surface area contributed by atoms with E-state index in [2.05, 4.69) is 10.3 Å². The van der Waals surface area contributed by atoms with Crippen LogP contribution in [-0.4, -0.2) is 36.0 Å². The van der Waals surface area contributed by atoms with E-state index in [9.17, 15) is 14.0 Å². The first-order chi connectivity index (χ1) is 12.6. The maximum atomic E-state index is 13.1. The van der Waals surface area contributed by atoms with Crippen molar-refractivity contribution in [3.05, 3.63) is 59.9 Å². The highest BCUT2D eigenvalue weighted by atomic mass is 19.1. The van der Waals surface area contributed by atoms with Gasteiger partial charge >= 0.3 is 0 Å². The molecule has 0 N–H and O–H groups in total. The van der Waals surface area contributed by atoms with Crippen molar-refractivity contribution < 1.29 is 18.7 Å². The van der Waals surface area contributed by atoms with Gasteiger partial charge < -0.3 is 4.74 Å². The fourth-order valence-corrected chi connectivity index (χ4v) is 3.12. The molecule has 2 aromatic carbocycles. The number of carbonyl (C=O) groups excluding carboxylic acids is 2. The average molecular weight is 354 g/mol. The van der Waals surface area contributed by atoms with E-state index in [-0.39, 0.29) is 0 Å². The number of halogens is 1. The second-order valence-corrected chi connectivity index (χ2v) is 6.03. The molecule has 0 bridgehead atoms. The molecule has 0 spiro atoms. The van der Waals surface area contributed by atoms with Crippen LogP contribution in [-0.2, 0) is 16.1 Å². The highest BCUT2D eigenvalue weighted by molar-refractivity contribution is 6.25. The monoisotopic (exact) mass is 354 g/mol. The predicted molar refractivity (Wildman–Crippen MR) is 89.9 cm³/mol. The number of hydrogen-bond acceptors (Lipinski definition) is 6. The van der Waals surface area contributed by atoms with Crippen LogP contribution in [0, 0.1) is 5.82 Å². The molecule has 7 nitrogen and oxygen atoms in total. The third-order valence-electron chi connectivity index (χ3n) is 4.45. The zero-order valence-electron chi connectivity index (χ0n) is 13.9. The normalized spacial score (nSPS) is 21.5. The van der Waals surface area contributed by atoms with E-state index in [0.717, 1.165) is 16.2 Å². The van der Waals surface area contributed by atoms with Crippen LogP contribution in [0.5, 0.6) is 5.75 Å². The Morgan fingerprint density at radius 1 is 1.04 bits per heavy atom. The maximum Gasteiger partial charge on any atom is 0.263 e. The molecule has 132 valence electrons.